The lowest BCUT2D eigenvalue weighted by Gasteiger charge is -2.23. The van der Waals surface area contributed by atoms with Crippen LogP contribution >= 0.6 is 0 Å². The predicted octanol–water partition coefficient (Wildman–Crippen LogP) is 2.99. The van der Waals surface area contributed by atoms with Crippen LogP contribution in [-0.4, -0.2) is 28.9 Å². The molecule has 2 N–H and O–H groups in total. The Balaban J connectivity index is 2.27. The summed E-state index contributed by atoms with van der Waals surface area (Å²) >= 11 is 0. The second-order valence-corrected chi connectivity index (χ2v) is 5.72. The summed E-state index contributed by atoms with van der Waals surface area (Å²) in [7, 11) is 1.88. The highest BCUT2D eigenvalue weighted by atomic mass is 16.5. The number of ether oxygens (including phenoxy) is 1. The summed E-state index contributed by atoms with van der Waals surface area (Å²) in [6.45, 7) is 6.65. The molecule has 1 aromatic rings. The Bertz CT molecular complexity index is 574. The largest absolute Gasteiger partial charge is 0.471 e. The Hall–Kier alpha value is -1.88. The summed E-state index contributed by atoms with van der Waals surface area (Å²) in [6.07, 6.45) is 7.23. The lowest BCUT2D eigenvalue weighted by molar-refractivity contribution is 0.321. The van der Waals surface area contributed by atoms with Gasteiger partial charge in [-0.15, -0.1) is 5.10 Å². The van der Waals surface area contributed by atoms with Gasteiger partial charge in [0.15, 0.2) is 0 Å². The number of hydrogen-bond donors (Lipinski definition) is 1. The fraction of sp³-hybridized carbons (Fsp3) is 0.529. The van der Waals surface area contributed by atoms with E-state index in [1.54, 1.807) is 11.2 Å². The maximum Gasteiger partial charge on any atom is 0.236 e. The van der Waals surface area contributed by atoms with Crippen LogP contribution in [0.3, 0.4) is 0 Å². The van der Waals surface area contributed by atoms with Crippen LogP contribution in [0.1, 0.15) is 38.7 Å². The Labute approximate surface area is 132 Å². The third-order valence-electron chi connectivity index (χ3n) is 4.02. The van der Waals surface area contributed by atoms with E-state index in [1.807, 2.05) is 20.0 Å². The molecule has 0 aliphatic heterocycles. The maximum absolute atomic E-state index is 6.02. The monoisotopic (exact) mass is 302 g/mol. The average Bonchev–Trinajstić information content (AvgIpc) is 3.31. The molecule has 0 radical (unpaired) electrons. The number of aromatic nitrogens is 2. The van der Waals surface area contributed by atoms with Crippen LogP contribution in [0, 0.1) is 12.8 Å². The van der Waals surface area contributed by atoms with E-state index in [9.17, 15) is 0 Å². The summed E-state index contributed by atoms with van der Waals surface area (Å²) in [6, 6.07) is 1.90. The molecule has 0 bridgehead atoms. The standard InChI is InChI=1S/C17H26N4O/c1-5-14(13-7-8-13)15(16(6-2)21(4)18)11-22-17-12(3)9-10-19-20-17/h5,9-10,13H,6-8,11,18H2,1-4H3/b14-5-,16-15+. The number of allylic oxidation sites excluding steroid dienone is 2. The fourth-order valence-corrected chi connectivity index (χ4v) is 2.72. The molecule has 0 saturated heterocycles. The minimum Gasteiger partial charge on any atom is -0.471 e. The van der Waals surface area contributed by atoms with E-state index >= 15 is 0 Å². The molecule has 0 unspecified atom stereocenters. The van der Waals surface area contributed by atoms with Gasteiger partial charge in [0.25, 0.3) is 0 Å². The Morgan fingerprint density at radius 1 is 1.50 bits per heavy atom. The molecule has 1 aliphatic carbocycles. The quantitative estimate of drug-likeness (QED) is 0.476. The van der Waals surface area contributed by atoms with Crippen LogP contribution in [0.4, 0.5) is 0 Å². The first-order valence-corrected chi connectivity index (χ1v) is 7.86. The zero-order chi connectivity index (χ0) is 16.1. The van der Waals surface area contributed by atoms with Crippen molar-refractivity contribution in [3.05, 3.63) is 40.7 Å². The van der Waals surface area contributed by atoms with Crippen molar-refractivity contribution in [2.45, 2.75) is 40.0 Å². The van der Waals surface area contributed by atoms with E-state index in [0.717, 1.165) is 17.7 Å². The SMILES string of the molecule is C/C=C(\C(COc1nnccc1C)=C(/CC)N(C)N)C1CC1. The van der Waals surface area contributed by atoms with Crippen molar-refractivity contribution in [1.82, 2.24) is 15.2 Å². The summed E-state index contributed by atoms with van der Waals surface area (Å²) in [5.41, 5.74) is 4.64. The van der Waals surface area contributed by atoms with Crippen LogP contribution in [0.5, 0.6) is 5.88 Å². The lowest BCUT2D eigenvalue weighted by Crippen LogP contribution is -2.28. The van der Waals surface area contributed by atoms with Crippen molar-refractivity contribution < 1.29 is 4.74 Å². The van der Waals surface area contributed by atoms with Gasteiger partial charge in [0.05, 0.1) is 6.20 Å². The summed E-state index contributed by atoms with van der Waals surface area (Å²) in [4.78, 5) is 0. The summed E-state index contributed by atoms with van der Waals surface area (Å²) in [5.74, 6) is 7.26. The number of rotatable bonds is 7. The van der Waals surface area contributed by atoms with Gasteiger partial charge in [-0.3, -0.25) is 0 Å². The number of hydrazine groups is 1. The van der Waals surface area contributed by atoms with Gasteiger partial charge in [-0.2, -0.15) is 5.10 Å². The van der Waals surface area contributed by atoms with E-state index in [2.05, 4.69) is 30.1 Å². The Morgan fingerprint density at radius 2 is 2.23 bits per heavy atom. The minimum atomic E-state index is 0.473. The molecule has 5 heteroatoms. The molecule has 1 aliphatic rings. The summed E-state index contributed by atoms with van der Waals surface area (Å²) in [5, 5.41) is 9.66. The highest BCUT2D eigenvalue weighted by Gasteiger charge is 2.29. The number of nitrogens with two attached hydrogens (primary N) is 1. The lowest BCUT2D eigenvalue weighted by atomic mass is 9.98. The Morgan fingerprint density at radius 3 is 2.73 bits per heavy atom. The molecule has 22 heavy (non-hydrogen) atoms. The molecule has 0 amide bonds. The molecule has 120 valence electrons. The van der Waals surface area contributed by atoms with Crippen molar-refractivity contribution in [3.8, 4) is 5.88 Å². The number of hydrogen-bond acceptors (Lipinski definition) is 5. The van der Waals surface area contributed by atoms with Gasteiger partial charge in [0.2, 0.25) is 5.88 Å². The van der Waals surface area contributed by atoms with E-state index in [0.29, 0.717) is 18.4 Å². The molecule has 1 aromatic heterocycles. The van der Waals surface area contributed by atoms with Gasteiger partial charge in [0, 0.05) is 23.9 Å². The highest BCUT2D eigenvalue weighted by Crippen LogP contribution is 2.41. The van der Waals surface area contributed by atoms with Gasteiger partial charge < -0.3 is 9.75 Å². The first-order valence-electron chi connectivity index (χ1n) is 7.86. The van der Waals surface area contributed by atoms with Crippen LogP contribution < -0.4 is 10.6 Å². The normalized spacial score (nSPS) is 16.3. The summed E-state index contributed by atoms with van der Waals surface area (Å²) < 4.78 is 5.94. The van der Waals surface area contributed by atoms with E-state index in [4.69, 9.17) is 10.6 Å². The molecule has 0 atom stereocenters. The molecule has 1 heterocycles. The van der Waals surface area contributed by atoms with Crippen molar-refractivity contribution in [2.75, 3.05) is 13.7 Å². The molecular weight excluding hydrogens is 276 g/mol. The molecule has 0 aromatic carbocycles. The smallest absolute Gasteiger partial charge is 0.236 e. The van der Waals surface area contributed by atoms with Crippen molar-refractivity contribution in [1.29, 1.82) is 0 Å². The van der Waals surface area contributed by atoms with E-state index in [-0.39, 0.29) is 0 Å². The second-order valence-electron chi connectivity index (χ2n) is 5.72. The zero-order valence-corrected chi connectivity index (χ0v) is 14.0. The molecule has 1 fully saturated rings. The fourth-order valence-electron chi connectivity index (χ4n) is 2.72. The average molecular weight is 302 g/mol. The van der Waals surface area contributed by atoms with Gasteiger partial charge in [-0.25, -0.2) is 5.84 Å². The minimum absolute atomic E-state index is 0.473. The second kappa shape index (κ2) is 7.40. The molecule has 0 spiro atoms. The van der Waals surface area contributed by atoms with Gasteiger partial charge in [-0.1, -0.05) is 13.0 Å². The van der Waals surface area contributed by atoms with Crippen LogP contribution in [0.25, 0.3) is 0 Å². The topological polar surface area (TPSA) is 64.3 Å². The highest BCUT2D eigenvalue weighted by molar-refractivity contribution is 5.39. The third kappa shape index (κ3) is 3.85. The van der Waals surface area contributed by atoms with Crippen molar-refractivity contribution >= 4 is 0 Å². The van der Waals surface area contributed by atoms with Gasteiger partial charge >= 0.3 is 0 Å². The zero-order valence-electron chi connectivity index (χ0n) is 14.0. The van der Waals surface area contributed by atoms with Crippen LogP contribution in [-0.2, 0) is 0 Å². The maximum atomic E-state index is 6.02. The van der Waals surface area contributed by atoms with Crippen molar-refractivity contribution in [3.63, 3.8) is 0 Å². The van der Waals surface area contributed by atoms with Crippen LogP contribution in [0.15, 0.2) is 35.2 Å². The third-order valence-corrected chi connectivity index (χ3v) is 4.02. The van der Waals surface area contributed by atoms with Crippen LogP contribution in [0.2, 0.25) is 0 Å². The van der Waals surface area contributed by atoms with E-state index in [1.165, 1.54) is 24.0 Å². The van der Waals surface area contributed by atoms with E-state index < -0.39 is 0 Å². The molecule has 1 saturated carbocycles. The molecule has 2 rings (SSSR count). The van der Waals surface area contributed by atoms with Gasteiger partial charge in [-0.05, 0) is 50.7 Å². The Kier molecular flexibility index (Phi) is 5.55. The first kappa shape index (κ1) is 16.5. The number of aryl methyl sites for hydroxylation is 1. The first-order chi connectivity index (χ1) is 10.6. The molecule has 5 nitrogen and oxygen atoms in total. The van der Waals surface area contributed by atoms with Gasteiger partial charge in [0.1, 0.15) is 6.61 Å². The van der Waals surface area contributed by atoms with Crippen molar-refractivity contribution in [2.24, 2.45) is 11.8 Å². The molecular formula is C17H26N4O. The number of nitrogens with zero attached hydrogens (tertiary/aromatic N) is 3. The predicted molar refractivity (Wildman–Crippen MR) is 88.0 cm³/mol.